The average molecular weight is 403 g/mol. The molecule has 1 heterocycles. The van der Waals surface area contributed by atoms with Gasteiger partial charge in [-0.2, -0.15) is 0 Å². The zero-order valence-electron chi connectivity index (χ0n) is 17.1. The number of pyridine rings is 1. The second-order valence-corrected chi connectivity index (χ2v) is 7.05. The third-order valence-corrected chi connectivity index (χ3v) is 4.48. The minimum atomic E-state index is -0.397. The van der Waals surface area contributed by atoms with Crippen molar-refractivity contribution in [2.45, 2.75) is 32.9 Å². The monoisotopic (exact) mass is 403 g/mol. The van der Waals surface area contributed by atoms with E-state index in [9.17, 15) is 9.59 Å². The molecule has 2 aromatic carbocycles. The number of rotatable bonds is 8. The quantitative estimate of drug-likeness (QED) is 0.591. The van der Waals surface area contributed by atoms with Gasteiger partial charge >= 0.3 is 0 Å². The molecule has 0 fully saturated rings. The van der Waals surface area contributed by atoms with Crippen LogP contribution in [0.5, 0.6) is 5.75 Å². The first-order valence-corrected chi connectivity index (χ1v) is 9.76. The summed E-state index contributed by atoms with van der Waals surface area (Å²) in [7, 11) is 0. The molecule has 3 rings (SSSR count). The Morgan fingerprint density at radius 1 is 1.03 bits per heavy atom. The topological polar surface area (TPSA) is 80.3 Å². The maximum Gasteiger partial charge on any atom is 0.226 e. The molecular weight excluding hydrogens is 378 g/mol. The van der Waals surface area contributed by atoms with Gasteiger partial charge < -0.3 is 15.4 Å². The Balaban J connectivity index is 1.62. The van der Waals surface area contributed by atoms with Crippen molar-refractivity contribution in [2.75, 3.05) is 5.32 Å². The fraction of sp³-hybridized carbons (Fsp3) is 0.208. The molecule has 3 aromatic rings. The highest BCUT2D eigenvalue weighted by Gasteiger charge is 2.17. The highest BCUT2D eigenvalue weighted by molar-refractivity contribution is 5.91. The smallest absolute Gasteiger partial charge is 0.226 e. The van der Waals surface area contributed by atoms with E-state index in [1.807, 2.05) is 61.5 Å². The summed E-state index contributed by atoms with van der Waals surface area (Å²) in [5.41, 5.74) is 3.46. The third-order valence-electron chi connectivity index (χ3n) is 4.48. The molecule has 0 aliphatic heterocycles. The third kappa shape index (κ3) is 6.44. The van der Waals surface area contributed by atoms with Crippen molar-refractivity contribution in [3.8, 4) is 5.75 Å². The summed E-state index contributed by atoms with van der Waals surface area (Å²) in [5, 5.41) is 5.73. The van der Waals surface area contributed by atoms with Crippen LogP contribution in [0.15, 0.2) is 72.9 Å². The Morgan fingerprint density at radius 2 is 1.83 bits per heavy atom. The number of amides is 2. The molecule has 1 atom stereocenters. The number of carbonyl (C=O) groups is 2. The Labute approximate surface area is 176 Å². The number of ether oxygens (including phenoxy) is 1. The summed E-state index contributed by atoms with van der Waals surface area (Å²) in [6, 6.07) is 20.2. The minimum Gasteiger partial charge on any atom is -0.487 e. The van der Waals surface area contributed by atoms with Crippen LogP contribution in [0.4, 0.5) is 5.69 Å². The summed E-state index contributed by atoms with van der Waals surface area (Å²) in [4.78, 5) is 28.5. The first-order chi connectivity index (χ1) is 14.5. The predicted molar refractivity (Wildman–Crippen MR) is 116 cm³/mol. The first-order valence-electron chi connectivity index (χ1n) is 9.76. The Morgan fingerprint density at radius 3 is 2.53 bits per heavy atom. The van der Waals surface area contributed by atoms with Gasteiger partial charge in [0.25, 0.3) is 0 Å². The van der Waals surface area contributed by atoms with E-state index in [-0.39, 0.29) is 18.2 Å². The van der Waals surface area contributed by atoms with Gasteiger partial charge in [-0.15, -0.1) is 0 Å². The number of anilines is 1. The molecule has 2 amide bonds. The van der Waals surface area contributed by atoms with Crippen LogP contribution in [0.3, 0.4) is 0 Å². The van der Waals surface area contributed by atoms with E-state index in [2.05, 4.69) is 15.6 Å². The van der Waals surface area contributed by atoms with E-state index < -0.39 is 6.04 Å². The van der Waals surface area contributed by atoms with Crippen LogP contribution in [0.25, 0.3) is 0 Å². The molecule has 1 unspecified atom stereocenters. The zero-order valence-corrected chi connectivity index (χ0v) is 17.1. The van der Waals surface area contributed by atoms with Crippen molar-refractivity contribution in [3.63, 3.8) is 0 Å². The van der Waals surface area contributed by atoms with Crippen LogP contribution in [-0.2, 0) is 16.2 Å². The highest BCUT2D eigenvalue weighted by atomic mass is 16.5. The van der Waals surface area contributed by atoms with Gasteiger partial charge in [0.2, 0.25) is 11.8 Å². The lowest BCUT2D eigenvalue weighted by atomic mass is 10.0. The number of aryl methyl sites for hydroxylation is 1. The largest absolute Gasteiger partial charge is 0.487 e. The number of aromatic nitrogens is 1. The predicted octanol–water partition coefficient (Wildman–Crippen LogP) is 4.18. The van der Waals surface area contributed by atoms with Crippen molar-refractivity contribution in [3.05, 3.63) is 89.7 Å². The molecule has 0 saturated heterocycles. The summed E-state index contributed by atoms with van der Waals surface area (Å²) in [6.45, 7) is 3.78. The van der Waals surface area contributed by atoms with Crippen LogP contribution < -0.4 is 15.4 Å². The number of benzene rings is 2. The van der Waals surface area contributed by atoms with Crippen LogP contribution >= 0.6 is 0 Å². The molecule has 0 aliphatic carbocycles. The molecule has 6 nitrogen and oxygen atoms in total. The first kappa shape index (κ1) is 21.0. The van der Waals surface area contributed by atoms with E-state index >= 15 is 0 Å². The lowest BCUT2D eigenvalue weighted by Gasteiger charge is -2.18. The maximum atomic E-state index is 12.6. The molecule has 154 valence electrons. The summed E-state index contributed by atoms with van der Waals surface area (Å²) in [5.74, 6) is 0.255. The Hall–Kier alpha value is -3.67. The highest BCUT2D eigenvalue weighted by Crippen LogP contribution is 2.21. The molecular formula is C24H25N3O3. The number of nitrogens with one attached hydrogen (secondary N) is 2. The molecule has 0 bridgehead atoms. The molecule has 0 saturated carbocycles. The lowest BCUT2D eigenvalue weighted by Crippen LogP contribution is -2.29. The van der Waals surface area contributed by atoms with Gasteiger partial charge in [0, 0.05) is 24.9 Å². The van der Waals surface area contributed by atoms with Crippen LogP contribution in [0, 0.1) is 6.92 Å². The Bertz CT molecular complexity index is 988. The number of hydrogen-bond acceptors (Lipinski definition) is 4. The molecule has 0 radical (unpaired) electrons. The van der Waals surface area contributed by atoms with E-state index in [0.29, 0.717) is 18.0 Å². The molecule has 2 N–H and O–H groups in total. The van der Waals surface area contributed by atoms with Crippen LogP contribution in [0.1, 0.15) is 36.2 Å². The summed E-state index contributed by atoms with van der Waals surface area (Å²) < 4.78 is 5.76. The van der Waals surface area contributed by atoms with Gasteiger partial charge in [-0.1, -0.05) is 42.0 Å². The minimum absolute atomic E-state index is 0.127. The van der Waals surface area contributed by atoms with Gasteiger partial charge in [0.15, 0.2) is 0 Å². The van der Waals surface area contributed by atoms with Crippen LogP contribution in [-0.4, -0.2) is 16.8 Å². The number of hydrogen-bond donors (Lipinski definition) is 2. The van der Waals surface area contributed by atoms with Gasteiger partial charge in [0.1, 0.15) is 12.4 Å². The molecule has 30 heavy (non-hydrogen) atoms. The van der Waals surface area contributed by atoms with Gasteiger partial charge in [-0.25, -0.2) is 0 Å². The van der Waals surface area contributed by atoms with Crippen molar-refractivity contribution in [1.29, 1.82) is 0 Å². The summed E-state index contributed by atoms with van der Waals surface area (Å²) >= 11 is 0. The molecule has 0 aliphatic rings. The zero-order chi connectivity index (χ0) is 21.3. The van der Waals surface area contributed by atoms with Crippen molar-refractivity contribution < 1.29 is 14.3 Å². The second-order valence-electron chi connectivity index (χ2n) is 7.05. The molecule has 0 spiro atoms. The fourth-order valence-electron chi connectivity index (χ4n) is 3.00. The second kappa shape index (κ2) is 10.2. The van der Waals surface area contributed by atoms with Crippen molar-refractivity contribution in [1.82, 2.24) is 10.3 Å². The van der Waals surface area contributed by atoms with Crippen molar-refractivity contribution in [2.24, 2.45) is 0 Å². The number of carbonyl (C=O) groups excluding carboxylic acids is 2. The summed E-state index contributed by atoms with van der Waals surface area (Å²) in [6.07, 6.45) is 1.84. The Kier molecular flexibility index (Phi) is 7.16. The van der Waals surface area contributed by atoms with Gasteiger partial charge in [0.05, 0.1) is 18.2 Å². The van der Waals surface area contributed by atoms with E-state index in [4.69, 9.17) is 4.74 Å². The average Bonchev–Trinajstić information content (AvgIpc) is 2.73. The standard InChI is InChI=1S/C24H25N3O3/c1-17-9-11-19(12-10-17)23(26-18(2)28)15-24(29)27-20-7-5-8-22(14-20)30-16-21-6-3-4-13-25-21/h3-14,23H,15-16H2,1-2H3,(H,26,28)(H,27,29). The fourth-order valence-corrected chi connectivity index (χ4v) is 3.00. The van der Waals surface area contributed by atoms with E-state index in [1.165, 1.54) is 6.92 Å². The van der Waals surface area contributed by atoms with Gasteiger partial charge in [-0.3, -0.25) is 14.6 Å². The van der Waals surface area contributed by atoms with Gasteiger partial charge in [-0.05, 0) is 36.8 Å². The maximum absolute atomic E-state index is 12.6. The van der Waals surface area contributed by atoms with Crippen molar-refractivity contribution >= 4 is 17.5 Å². The molecule has 1 aromatic heterocycles. The normalized spacial score (nSPS) is 11.4. The SMILES string of the molecule is CC(=O)NC(CC(=O)Nc1cccc(OCc2ccccn2)c1)c1ccc(C)cc1. The number of nitrogens with zero attached hydrogens (tertiary/aromatic N) is 1. The lowest BCUT2D eigenvalue weighted by molar-refractivity contribution is -0.120. The van der Waals surface area contributed by atoms with E-state index in [1.54, 1.807) is 18.3 Å². The molecule has 6 heteroatoms. The van der Waals surface area contributed by atoms with E-state index in [0.717, 1.165) is 16.8 Å². The van der Waals surface area contributed by atoms with Crippen LogP contribution in [0.2, 0.25) is 0 Å².